The Morgan fingerprint density at radius 3 is 2.54 bits per heavy atom. The van der Waals surface area contributed by atoms with Crippen LogP contribution in [-0.4, -0.2) is 65.4 Å². The molecule has 1 N–H and O–H groups in total. The first kappa shape index (κ1) is 17.9. The fourth-order valence-electron chi connectivity index (χ4n) is 2.61. The Kier molecular flexibility index (Phi) is 5.52. The largest absolute Gasteiger partial charge is 0.495 e. The molecule has 2 amide bonds. The predicted octanol–water partition coefficient (Wildman–Crippen LogP) is 1.80. The zero-order valence-electron chi connectivity index (χ0n) is 14.2. The molecule has 1 aliphatic heterocycles. The van der Waals surface area contributed by atoms with E-state index in [1.54, 1.807) is 35.1 Å². The van der Waals surface area contributed by atoms with E-state index < -0.39 is 0 Å². The van der Waals surface area contributed by atoms with Gasteiger partial charge in [-0.05, 0) is 18.2 Å². The molecule has 1 aromatic heterocycles. The first-order valence-corrected chi connectivity index (χ1v) is 8.39. The predicted molar refractivity (Wildman–Crippen MR) is 96.9 cm³/mol. The van der Waals surface area contributed by atoms with Gasteiger partial charge in [0.25, 0.3) is 5.91 Å². The molecule has 0 aliphatic carbocycles. The van der Waals surface area contributed by atoms with Crippen LogP contribution >= 0.6 is 11.6 Å². The van der Waals surface area contributed by atoms with Gasteiger partial charge in [-0.15, -0.1) is 0 Å². The summed E-state index contributed by atoms with van der Waals surface area (Å²) in [5.41, 5.74) is 1.03. The quantitative estimate of drug-likeness (QED) is 0.802. The molecule has 0 bridgehead atoms. The topological polar surface area (TPSA) is 87.7 Å². The van der Waals surface area contributed by atoms with Gasteiger partial charge < -0.3 is 19.9 Å². The Morgan fingerprint density at radius 2 is 1.92 bits per heavy atom. The van der Waals surface area contributed by atoms with E-state index in [0.29, 0.717) is 54.2 Å². The van der Waals surface area contributed by atoms with Gasteiger partial charge in [-0.1, -0.05) is 11.6 Å². The summed E-state index contributed by atoms with van der Waals surface area (Å²) in [6.07, 6.45) is 3.75. The molecule has 0 spiro atoms. The monoisotopic (exact) mass is 375 g/mol. The van der Waals surface area contributed by atoms with Gasteiger partial charge in [-0.2, -0.15) is 0 Å². The molecular formula is C17H18ClN5O3. The number of methoxy groups -OCH3 is 1. The van der Waals surface area contributed by atoms with Gasteiger partial charge in [-0.25, -0.2) is 9.97 Å². The van der Waals surface area contributed by atoms with Gasteiger partial charge in [0.2, 0.25) is 12.4 Å². The van der Waals surface area contributed by atoms with Crippen molar-refractivity contribution in [2.45, 2.75) is 0 Å². The molecule has 0 atom stereocenters. The maximum atomic E-state index is 12.5. The van der Waals surface area contributed by atoms with Crippen molar-refractivity contribution in [2.24, 2.45) is 0 Å². The number of aromatic nitrogens is 2. The van der Waals surface area contributed by atoms with Crippen molar-refractivity contribution < 1.29 is 14.3 Å². The van der Waals surface area contributed by atoms with E-state index in [4.69, 9.17) is 16.3 Å². The summed E-state index contributed by atoms with van der Waals surface area (Å²) in [5, 5.41) is 3.57. The Hall–Kier alpha value is -2.87. The molecule has 1 aromatic carbocycles. The van der Waals surface area contributed by atoms with Crippen LogP contribution < -0.4 is 10.1 Å². The smallest absolute Gasteiger partial charge is 0.257 e. The van der Waals surface area contributed by atoms with E-state index in [9.17, 15) is 9.59 Å². The fraction of sp³-hybridized carbons (Fsp3) is 0.294. The van der Waals surface area contributed by atoms with Gasteiger partial charge in [0.15, 0.2) is 0 Å². The molecule has 0 saturated carbocycles. The summed E-state index contributed by atoms with van der Waals surface area (Å²) < 4.78 is 5.27. The van der Waals surface area contributed by atoms with Crippen LogP contribution in [-0.2, 0) is 4.79 Å². The highest BCUT2D eigenvalue weighted by atomic mass is 35.5. The van der Waals surface area contributed by atoms with Crippen LogP contribution in [0, 0.1) is 0 Å². The molecule has 0 unspecified atom stereocenters. The minimum atomic E-state index is -0.151. The second-order valence-electron chi connectivity index (χ2n) is 5.70. The lowest BCUT2D eigenvalue weighted by molar-refractivity contribution is -0.119. The average Bonchev–Trinajstić information content (AvgIpc) is 2.68. The number of amides is 2. The van der Waals surface area contributed by atoms with Gasteiger partial charge >= 0.3 is 0 Å². The number of benzene rings is 1. The number of nitrogens with zero attached hydrogens (tertiary/aromatic N) is 4. The van der Waals surface area contributed by atoms with E-state index in [1.165, 1.54) is 12.4 Å². The molecule has 2 aromatic rings. The van der Waals surface area contributed by atoms with Crippen LogP contribution in [0.3, 0.4) is 0 Å². The van der Waals surface area contributed by atoms with Crippen LogP contribution in [0.15, 0.2) is 30.6 Å². The van der Waals surface area contributed by atoms with Crippen molar-refractivity contribution >= 4 is 35.6 Å². The van der Waals surface area contributed by atoms with Crippen LogP contribution in [0.1, 0.15) is 10.4 Å². The normalized spacial score (nSPS) is 14.1. The maximum absolute atomic E-state index is 12.5. The summed E-state index contributed by atoms with van der Waals surface area (Å²) >= 11 is 6.00. The van der Waals surface area contributed by atoms with E-state index in [2.05, 4.69) is 15.3 Å². The highest BCUT2D eigenvalue weighted by Crippen LogP contribution is 2.29. The highest BCUT2D eigenvalue weighted by molar-refractivity contribution is 6.31. The minimum absolute atomic E-state index is 0.151. The van der Waals surface area contributed by atoms with E-state index in [1.807, 2.05) is 0 Å². The van der Waals surface area contributed by atoms with Gasteiger partial charge in [-0.3, -0.25) is 9.59 Å². The second-order valence-corrected chi connectivity index (χ2v) is 6.13. The molecule has 0 radical (unpaired) electrons. The average molecular weight is 376 g/mol. The molecule has 1 aliphatic rings. The number of ether oxygens (including phenoxy) is 1. The van der Waals surface area contributed by atoms with E-state index >= 15 is 0 Å². The summed E-state index contributed by atoms with van der Waals surface area (Å²) in [7, 11) is 1.56. The van der Waals surface area contributed by atoms with Crippen LogP contribution in [0.2, 0.25) is 5.02 Å². The Morgan fingerprint density at radius 1 is 1.23 bits per heavy atom. The molecule has 1 fully saturated rings. The summed E-state index contributed by atoms with van der Waals surface area (Å²) in [6.45, 7) is 2.06. The SMILES string of the molecule is COc1ccc(Cl)cc1Nc1ncc(C(=O)N2CCN(C=O)CC2)cn1. The molecule has 26 heavy (non-hydrogen) atoms. The third-order valence-corrected chi connectivity index (χ3v) is 4.29. The number of piperazine rings is 1. The third kappa shape index (κ3) is 4.02. The van der Waals surface area contributed by atoms with Gasteiger partial charge in [0.1, 0.15) is 5.75 Å². The number of halogens is 1. The van der Waals surface area contributed by atoms with Crippen LogP contribution in [0.4, 0.5) is 11.6 Å². The number of hydrogen-bond acceptors (Lipinski definition) is 6. The zero-order chi connectivity index (χ0) is 18.5. The number of carbonyl (C=O) groups excluding carboxylic acids is 2. The first-order valence-electron chi connectivity index (χ1n) is 8.02. The van der Waals surface area contributed by atoms with Gasteiger partial charge in [0.05, 0.1) is 18.4 Å². The second kappa shape index (κ2) is 8.01. The molecule has 9 heteroatoms. The fourth-order valence-corrected chi connectivity index (χ4v) is 2.79. The summed E-state index contributed by atoms with van der Waals surface area (Å²) in [4.78, 5) is 34.9. The standard InChI is InChI=1S/C17H18ClN5O3/c1-26-15-3-2-13(18)8-14(15)21-17-19-9-12(10-20-17)16(25)23-6-4-22(11-24)5-7-23/h2-3,8-11H,4-7H2,1H3,(H,19,20,21). The Bertz CT molecular complexity index is 791. The molecule has 2 heterocycles. The van der Waals surface area contributed by atoms with Crippen LogP contribution in [0.25, 0.3) is 0 Å². The number of anilines is 2. The molecular weight excluding hydrogens is 358 g/mol. The number of carbonyl (C=O) groups is 2. The molecule has 8 nitrogen and oxygen atoms in total. The van der Waals surface area contributed by atoms with Crippen molar-refractivity contribution in [3.05, 3.63) is 41.2 Å². The van der Waals surface area contributed by atoms with E-state index in [-0.39, 0.29) is 5.91 Å². The van der Waals surface area contributed by atoms with Crippen molar-refractivity contribution in [2.75, 3.05) is 38.6 Å². The molecule has 1 saturated heterocycles. The van der Waals surface area contributed by atoms with E-state index in [0.717, 1.165) is 6.41 Å². The number of hydrogen-bond donors (Lipinski definition) is 1. The molecule has 136 valence electrons. The van der Waals surface area contributed by atoms with Crippen molar-refractivity contribution in [1.29, 1.82) is 0 Å². The Balaban J connectivity index is 1.68. The van der Waals surface area contributed by atoms with Crippen molar-refractivity contribution in [3.8, 4) is 5.75 Å². The highest BCUT2D eigenvalue weighted by Gasteiger charge is 2.21. The first-order chi connectivity index (χ1) is 12.6. The lowest BCUT2D eigenvalue weighted by Gasteiger charge is -2.32. The Labute approximate surface area is 155 Å². The summed E-state index contributed by atoms with van der Waals surface area (Å²) in [5.74, 6) is 0.779. The zero-order valence-corrected chi connectivity index (χ0v) is 14.9. The number of nitrogens with one attached hydrogen (secondary N) is 1. The van der Waals surface area contributed by atoms with Crippen LogP contribution in [0.5, 0.6) is 5.75 Å². The third-order valence-electron chi connectivity index (χ3n) is 4.06. The lowest BCUT2D eigenvalue weighted by Crippen LogP contribution is -2.48. The summed E-state index contributed by atoms with van der Waals surface area (Å²) in [6, 6.07) is 5.16. The minimum Gasteiger partial charge on any atom is -0.495 e. The molecule has 3 rings (SSSR count). The maximum Gasteiger partial charge on any atom is 0.257 e. The van der Waals surface area contributed by atoms with Gasteiger partial charge in [0, 0.05) is 43.6 Å². The van der Waals surface area contributed by atoms with Crippen molar-refractivity contribution in [3.63, 3.8) is 0 Å². The lowest BCUT2D eigenvalue weighted by atomic mass is 10.2. The number of rotatable bonds is 5. The van der Waals surface area contributed by atoms with Crippen molar-refractivity contribution in [1.82, 2.24) is 19.8 Å².